The van der Waals surface area contributed by atoms with Crippen molar-refractivity contribution < 1.29 is 0 Å². The number of nitrogens with zero attached hydrogens (tertiary/aromatic N) is 1. The zero-order chi connectivity index (χ0) is 10.4. The second kappa shape index (κ2) is 6.70. The molecule has 1 heterocycles. The van der Waals surface area contributed by atoms with Crippen LogP contribution in [0.25, 0.3) is 0 Å². The van der Waals surface area contributed by atoms with Crippen molar-refractivity contribution >= 4 is 11.8 Å². The van der Waals surface area contributed by atoms with Crippen molar-refractivity contribution in [3.05, 3.63) is 0 Å². The molecule has 0 radical (unpaired) electrons. The monoisotopic (exact) mass is 216 g/mol. The number of likely N-dealkylation sites (N-methyl/N-ethyl adjacent to an activating group) is 1. The molecule has 0 saturated carbocycles. The lowest BCUT2D eigenvalue weighted by atomic mass is 10.3. The summed E-state index contributed by atoms with van der Waals surface area (Å²) < 4.78 is 0. The van der Waals surface area contributed by atoms with Crippen molar-refractivity contribution in [3.63, 3.8) is 0 Å². The third-order valence-electron chi connectivity index (χ3n) is 2.90. The Morgan fingerprint density at radius 3 is 2.93 bits per heavy atom. The summed E-state index contributed by atoms with van der Waals surface area (Å²) in [6.45, 7) is 10.4. The van der Waals surface area contributed by atoms with Crippen molar-refractivity contribution in [2.24, 2.45) is 0 Å². The van der Waals surface area contributed by atoms with Crippen LogP contribution in [0.4, 0.5) is 0 Å². The summed E-state index contributed by atoms with van der Waals surface area (Å²) in [5.74, 6) is 2.53. The lowest BCUT2D eigenvalue weighted by molar-refractivity contribution is 0.272. The van der Waals surface area contributed by atoms with E-state index in [4.69, 9.17) is 0 Å². The third kappa shape index (κ3) is 3.79. The van der Waals surface area contributed by atoms with Gasteiger partial charge in [0.1, 0.15) is 0 Å². The molecule has 3 heteroatoms. The number of nitrogens with one attached hydrogen (secondary N) is 1. The highest BCUT2D eigenvalue weighted by molar-refractivity contribution is 7.99. The van der Waals surface area contributed by atoms with Gasteiger partial charge in [0, 0.05) is 30.9 Å². The van der Waals surface area contributed by atoms with Gasteiger partial charge in [-0.25, -0.2) is 0 Å². The molecular weight excluding hydrogens is 192 g/mol. The molecule has 0 bridgehead atoms. The van der Waals surface area contributed by atoms with Crippen LogP contribution in [0.15, 0.2) is 0 Å². The van der Waals surface area contributed by atoms with Gasteiger partial charge >= 0.3 is 0 Å². The molecular formula is C11H24N2S. The molecule has 0 spiro atoms. The Morgan fingerprint density at radius 2 is 2.29 bits per heavy atom. The molecule has 2 unspecified atom stereocenters. The molecule has 14 heavy (non-hydrogen) atoms. The number of hydrogen-bond acceptors (Lipinski definition) is 3. The molecule has 1 saturated heterocycles. The predicted octanol–water partition coefficient (Wildman–Crippen LogP) is 1.81. The van der Waals surface area contributed by atoms with Crippen molar-refractivity contribution in [1.29, 1.82) is 0 Å². The van der Waals surface area contributed by atoms with Crippen LogP contribution in [0.1, 0.15) is 27.2 Å². The van der Waals surface area contributed by atoms with Gasteiger partial charge in [0.25, 0.3) is 0 Å². The fourth-order valence-corrected chi connectivity index (χ4v) is 2.82. The number of likely N-dealkylation sites (tertiary alicyclic amines) is 1. The van der Waals surface area contributed by atoms with Gasteiger partial charge in [0.15, 0.2) is 0 Å². The Hall–Kier alpha value is 0.270. The maximum absolute atomic E-state index is 3.54. The summed E-state index contributed by atoms with van der Waals surface area (Å²) in [5.41, 5.74) is 0. The van der Waals surface area contributed by atoms with Crippen LogP contribution in [0.2, 0.25) is 0 Å². The van der Waals surface area contributed by atoms with Gasteiger partial charge < -0.3 is 5.32 Å². The molecule has 2 nitrogen and oxygen atoms in total. The maximum atomic E-state index is 3.54. The first-order chi connectivity index (χ1) is 6.77. The molecule has 1 fully saturated rings. The molecule has 0 aromatic rings. The highest BCUT2D eigenvalue weighted by Gasteiger charge is 2.24. The van der Waals surface area contributed by atoms with Gasteiger partial charge in [-0.05, 0) is 25.6 Å². The van der Waals surface area contributed by atoms with E-state index in [1.807, 2.05) is 0 Å². The minimum atomic E-state index is 0.745. The normalized spacial score (nSPS) is 25.5. The smallest absolute Gasteiger partial charge is 0.0207 e. The first-order valence-electron chi connectivity index (χ1n) is 5.83. The number of thioether (sulfide) groups is 1. The van der Waals surface area contributed by atoms with E-state index in [2.05, 4.69) is 42.7 Å². The van der Waals surface area contributed by atoms with E-state index in [1.165, 1.54) is 31.0 Å². The molecule has 1 aliphatic rings. The standard InChI is InChI=1S/C11H24N2S/c1-4-12-11-6-7-13(8-11)10(3)9-14-5-2/h10-12H,4-9H2,1-3H3. The van der Waals surface area contributed by atoms with Crippen molar-refractivity contribution in [1.82, 2.24) is 10.2 Å². The van der Waals surface area contributed by atoms with Crippen molar-refractivity contribution in [2.45, 2.75) is 39.3 Å². The highest BCUT2D eigenvalue weighted by Crippen LogP contribution is 2.15. The van der Waals surface area contributed by atoms with Crippen LogP contribution >= 0.6 is 11.8 Å². The summed E-state index contributed by atoms with van der Waals surface area (Å²) in [5, 5.41) is 3.54. The van der Waals surface area contributed by atoms with Gasteiger partial charge in [-0.3, -0.25) is 4.90 Å². The molecule has 0 aromatic carbocycles. The van der Waals surface area contributed by atoms with Crippen LogP contribution in [0, 0.1) is 0 Å². The maximum Gasteiger partial charge on any atom is 0.0207 e. The SMILES string of the molecule is CCNC1CCN(C(C)CSCC)C1. The molecule has 1 N–H and O–H groups in total. The number of rotatable bonds is 6. The molecule has 84 valence electrons. The first kappa shape index (κ1) is 12.3. The fourth-order valence-electron chi connectivity index (χ4n) is 2.04. The number of hydrogen-bond donors (Lipinski definition) is 1. The van der Waals surface area contributed by atoms with Gasteiger partial charge in [-0.15, -0.1) is 0 Å². The van der Waals surface area contributed by atoms with Crippen LogP contribution < -0.4 is 5.32 Å². The van der Waals surface area contributed by atoms with Crippen LogP contribution in [0.5, 0.6) is 0 Å². The van der Waals surface area contributed by atoms with E-state index < -0.39 is 0 Å². The minimum Gasteiger partial charge on any atom is -0.313 e. The topological polar surface area (TPSA) is 15.3 Å². The molecule has 0 aromatic heterocycles. The fraction of sp³-hybridized carbons (Fsp3) is 1.00. The van der Waals surface area contributed by atoms with Gasteiger partial charge in [0.05, 0.1) is 0 Å². The van der Waals surface area contributed by atoms with E-state index in [0.717, 1.165) is 18.6 Å². The summed E-state index contributed by atoms with van der Waals surface area (Å²) in [4.78, 5) is 2.62. The second-order valence-electron chi connectivity index (χ2n) is 4.05. The summed E-state index contributed by atoms with van der Waals surface area (Å²) in [7, 11) is 0. The van der Waals surface area contributed by atoms with E-state index in [0.29, 0.717) is 0 Å². The molecule has 0 aliphatic carbocycles. The van der Waals surface area contributed by atoms with E-state index in [-0.39, 0.29) is 0 Å². The third-order valence-corrected chi connectivity index (χ3v) is 4.03. The Kier molecular flexibility index (Phi) is 5.90. The quantitative estimate of drug-likeness (QED) is 0.729. The van der Waals surface area contributed by atoms with Crippen LogP contribution in [-0.4, -0.2) is 48.1 Å². The summed E-state index contributed by atoms with van der Waals surface area (Å²) in [6, 6.07) is 1.50. The molecule has 0 amide bonds. The summed E-state index contributed by atoms with van der Waals surface area (Å²) >= 11 is 2.06. The lowest BCUT2D eigenvalue weighted by Crippen LogP contribution is -2.37. The van der Waals surface area contributed by atoms with Crippen molar-refractivity contribution in [3.8, 4) is 0 Å². The lowest BCUT2D eigenvalue weighted by Gasteiger charge is -2.23. The Morgan fingerprint density at radius 1 is 1.50 bits per heavy atom. The average molecular weight is 216 g/mol. The zero-order valence-corrected chi connectivity index (χ0v) is 10.6. The molecule has 2 atom stereocenters. The van der Waals surface area contributed by atoms with Crippen LogP contribution in [-0.2, 0) is 0 Å². The Bertz CT molecular complexity index is 152. The van der Waals surface area contributed by atoms with E-state index >= 15 is 0 Å². The molecule has 1 rings (SSSR count). The van der Waals surface area contributed by atoms with Gasteiger partial charge in [-0.1, -0.05) is 13.8 Å². The molecule has 1 aliphatic heterocycles. The van der Waals surface area contributed by atoms with E-state index in [9.17, 15) is 0 Å². The average Bonchev–Trinajstić information content (AvgIpc) is 2.63. The van der Waals surface area contributed by atoms with Crippen molar-refractivity contribution in [2.75, 3.05) is 31.1 Å². The second-order valence-corrected chi connectivity index (χ2v) is 5.37. The largest absolute Gasteiger partial charge is 0.313 e. The van der Waals surface area contributed by atoms with Crippen LogP contribution in [0.3, 0.4) is 0 Å². The van der Waals surface area contributed by atoms with E-state index in [1.54, 1.807) is 0 Å². The predicted molar refractivity (Wildman–Crippen MR) is 66.1 cm³/mol. The Labute approximate surface area is 92.8 Å². The van der Waals surface area contributed by atoms with Gasteiger partial charge in [-0.2, -0.15) is 11.8 Å². The first-order valence-corrected chi connectivity index (χ1v) is 6.98. The minimum absolute atomic E-state index is 0.745. The zero-order valence-electron chi connectivity index (χ0n) is 9.75. The Balaban J connectivity index is 2.19. The van der Waals surface area contributed by atoms with Gasteiger partial charge in [0.2, 0.25) is 0 Å². The summed E-state index contributed by atoms with van der Waals surface area (Å²) in [6.07, 6.45) is 1.33. The highest BCUT2D eigenvalue weighted by atomic mass is 32.2.